The summed E-state index contributed by atoms with van der Waals surface area (Å²) in [4.78, 5) is 12.3. The lowest BCUT2D eigenvalue weighted by molar-refractivity contribution is -0.110. The summed E-state index contributed by atoms with van der Waals surface area (Å²) in [5, 5.41) is 2.77. The van der Waals surface area contributed by atoms with Gasteiger partial charge in [0.25, 0.3) is 5.91 Å². The molecule has 1 aliphatic heterocycles. The molecule has 0 fully saturated rings. The Hall–Kier alpha value is -2.44. The molecule has 3 rings (SSSR count). The molecule has 1 heterocycles. The van der Waals surface area contributed by atoms with Gasteiger partial charge in [-0.15, -0.1) is 0 Å². The van der Waals surface area contributed by atoms with Crippen LogP contribution in [0.1, 0.15) is 25.0 Å². The van der Waals surface area contributed by atoms with Gasteiger partial charge in [0.2, 0.25) is 10.0 Å². The Kier molecular flexibility index (Phi) is 4.49. The number of hydrogen-bond donors (Lipinski definition) is 1. The molecular weight excluding hydrogens is 336 g/mol. The fourth-order valence-corrected chi connectivity index (χ4v) is 4.09. The summed E-state index contributed by atoms with van der Waals surface area (Å²) in [5.41, 5.74) is 3.59. The van der Waals surface area contributed by atoms with Crippen LogP contribution in [0.25, 0.3) is 5.57 Å². The molecule has 25 heavy (non-hydrogen) atoms. The molecule has 130 valence electrons. The average molecular weight is 356 g/mol. The third-order valence-electron chi connectivity index (χ3n) is 4.19. The van der Waals surface area contributed by atoms with Crippen LogP contribution in [0.5, 0.6) is 0 Å². The summed E-state index contributed by atoms with van der Waals surface area (Å²) >= 11 is 0. The van der Waals surface area contributed by atoms with Crippen molar-refractivity contribution in [2.75, 3.05) is 12.4 Å². The van der Waals surface area contributed by atoms with E-state index < -0.39 is 10.0 Å². The van der Waals surface area contributed by atoms with E-state index in [1.54, 1.807) is 19.2 Å². The van der Waals surface area contributed by atoms with Crippen molar-refractivity contribution in [2.45, 2.75) is 25.3 Å². The highest BCUT2D eigenvalue weighted by atomic mass is 32.2. The zero-order valence-corrected chi connectivity index (χ0v) is 15.2. The molecule has 2 aromatic carbocycles. The van der Waals surface area contributed by atoms with Crippen LogP contribution in [0.4, 0.5) is 5.69 Å². The maximum absolute atomic E-state index is 12.9. The van der Waals surface area contributed by atoms with Crippen LogP contribution in [0, 0.1) is 0 Å². The first-order valence-corrected chi connectivity index (χ1v) is 9.38. The molecule has 1 N–H and O–H groups in total. The third kappa shape index (κ3) is 3.23. The Morgan fingerprint density at radius 3 is 2.40 bits per heavy atom. The molecular formula is C19H20N2O3S. The van der Waals surface area contributed by atoms with E-state index >= 15 is 0 Å². The number of hydrogen-bond acceptors (Lipinski definition) is 3. The smallest absolute Gasteiger partial charge is 0.256 e. The van der Waals surface area contributed by atoms with Gasteiger partial charge in [0.1, 0.15) is 0 Å². The first-order valence-electron chi connectivity index (χ1n) is 7.94. The van der Waals surface area contributed by atoms with E-state index in [9.17, 15) is 13.2 Å². The second-order valence-corrected chi connectivity index (χ2v) is 8.33. The van der Waals surface area contributed by atoms with Crippen molar-refractivity contribution in [3.63, 3.8) is 0 Å². The topological polar surface area (TPSA) is 66.5 Å². The number of allylic oxidation sites excluding steroid dienone is 1. The minimum absolute atomic E-state index is 0.180. The standard InChI is InChI=1S/C19H20N2O3S/c1-13(2)18-16-11-15(9-10-17(16)20-19(18)22)25(23,24)21(3)12-14-7-5-4-6-8-14/h4-11H,12H2,1-3H3,(H,20,22). The van der Waals surface area contributed by atoms with Crippen molar-refractivity contribution in [1.82, 2.24) is 4.31 Å². The van der Waals surface area contributed by atoms with Gasteiger partial charge >= 0.3 is 0 Å². The molecule has 0 spiro atoms. The molecule has 0 unspecified atom stereocenters. The molecule has 2 aromatic rings. The molecule has 0 aliphatic carbocycles. The number of anilines is 1. The Morgan fingerprint density at radius 1 is 1.08 bits per heavy atom. The molecule has 5 nitrogen and oxygen atoms in total. The number of nitrogens with one attached hydrogen (secondary N) is 1. The molecule has 1 aliphatic rings. The van der Waals surface area contributed by atoms with Gasteiger partial charge in [-0.3, -0.25) is 4.79 Å². The Morgan fingerprint density at radius 2 is 1.76 bits per heavy atom. The number of carbonyl (C=O) groups excluding carboxylic acids is 1. The van der Waals surface area contributed by atoms with Gasteiger partial charge < -0.3 is 5.32 Å². The molecule has 6 heteroatoms. The molecule has 0 atom stereocenters. The van der Waals surface area contributed by atoms with Crippen LogP contribution in [-0.2, 0) is 21.4 Å². The number of rotatable bonds is 4. The second-order valence-electron chi connectivity index (χ2n) is 6.28. The highest BCUT2D eigenvalue weighted by molar-refractivity contribution is 7.89. The lowest BCUT2D eigenvalue weighted by atomic mass is 10.0. The van der Waals surface area contributed by atoms with Crippen LogP contribution in [0.3, 0.4) is 0 Å². The number of carbonyl (C=O) groups is 1. The van der Waals surface area contributed by atoms with Crippen LogP contribution in [0.2, 0.25) is 0 Å². The van der Waals surface area contributed by atoms with Crippen molar-refractivity contribution in [1.29, 1.82) is 0 Å². The summed E-state index contributed by atoms with van der Waals surface area (Å²) in [6, 6.07) is 14.2. The zero-order valence-electron chi connectivity index (χ0n) is 14.4. The highest BCUT2D eigenvalue weighted by Gasteiger charge is 2.28. The third-order valence-corrected chi connectivity index (χ3v) is 5.99. The predicted molar refractivity (Wildman–Crippen MR) is 98.4 cm³/mol. The molecule has 0 aromatic heterocycles. The van der Waals surface area contributed by atoms with Crippen molar-refractivity contribution in [2.24, 2.45) is 0 Å². The first kappa shape index (κ1) is 17.4. The fraction of sp³-hybridized carbons (Fsp3) is 0.211. The number of nitrogens with zero attached hydrogens (tertiary/aromatic N) is 1. The molecule has 0 saturated heterocycles. The van der Waals surface area contributed by atoms with E-state index in [2.05, 4.69) is 5.32 Å². The van der Waals surface area contributed by atoms with Gasteiger partial charge in [-0.25, -0.2) is 8.42 Å². The normalized spacial score (nSPS) is 13.8. The van der Waals surface area contributed by atoms with E-state index in [1.807, 2.05) is 44.2 Å². The number of amides is 1. The van der Waals surface area contributed by atoms with Crippen LogP contribution in [0.15, 0.2) is 59.0 Å². The lowest BCUT2D eigenvalue weighted by Crippen LogP contribution is -2.26. The van der Waals surface area contributed by atoms with Gasteiger partial charge in [-0.05, 0) is 37.6 Å². The number of sulfonamides is 1. The minimum atomic E-state index is -3.65. The monoisotopic (exact) mass is 356 g/mol. The van der Waals surface area contributed by atoms with Crippen LogP contribution in [-0.4, -0.2) is 25.7 Å². The van der Waals surface area contributed by atoms with E-state index in [0.717, 1.165) is 11.1 Å². The van der Waals surface area contributed by atoms with Crippen LogP contribution >= 0.6 is 0 Å². The van der Waals surface area contributed by atoms with Crippen LogP contribution < -0.4 is 5.32 Å². The second kappa shape index (κ2) is 6.46. The quantitative estimate of drug-likeness (QED) is 0.855. The average Bonchev–Trinajstić information content (AvgIpc) is 2.90. The van der Waals surface area contributed by atoms with E-state index in [4.69, 9.17) is 0 Å². The van der Waals surface area contributed by atoms with E-state index in [-0.39, 0.29) is 17.3 Å². The SMILES string of the molecule is CC(C)=C1C(=O)Nc2ccc(S(=O)(=O)N(C)Cc3ccccc3)cc21. The summed E-state index contributed by atoms with van der Waals surface area (Å²) in [6.45, 7) is 3.96. The van der Waals surface area contributed by atoms with Crippen molar-refractivity contribution < 1.29 is 13.2 Å². The summed E-state index contributed by atoms with van der Waals surface area (Å²) < 4.78 is 27.1. The van der Waals surface area contributed by atoms with Gasteiger partial charge in [-0.1, -0.05) is 35.9 Å². The predicted octanol–water partition coefficient (Wildman–Crippen LogP) is 3.25. The van der Waals surface area contributed by atoms with Gasteiger partial charge in [0.15, 0.2) is 0 Å². The lowest BCUT2D eigenvalue weighted by Gasteiger charge is -2.18. The molecule has 0 bridgehead atoms. The van der Waals surface area contributed by atoms with Crippen molar-refractivity contribution in [3.05, 3.63) is 65.2 Å². The van der Waals surface area contributed by atoms with Crippen molar-refractivity contribution >= 4 is 27.2 Å². The first-order chi connectivity index (χ1) is 11.8. The summed E-state index contributed by atoms with van der Waals surface area (Å²) in [7, 11) is -2.10. The van der Waals surface area contributed by atoms with Crippen molar-refractivity contribution in [3.8, 4) is 0 Å². The van der Waals surface area contributed by atoms with Gasteiger partial charge in [0, 0.05) is 30.4 Å². The summed E-state index contributed by atoms with van der Waals surface area (Å²) in [5.74, 6) is -0.192. The van der Waals surface area contributed by atoms with Gasteiger partial charge in [0.05, 0.1) is 4.90 Å². The minimum Gasteiger partial charge on any atom is -0.321 e. The maximum Gasteiger partial charge on any atom is 0.256 e. The Balaban J connectivity index is 1.97. The Bertz CT molecular complexity index is 959. The molecule has 0 radical (unpaired) electrons. The highest BCUT2D eigenvalue weighted by Crippen LogP contribution is 2.35. The zero-order chi connectivity index (χ0) is 18.2. The van der Waals surface area contributed by atoms with Gasteiger partial charge in [-0.2, -0.15) is 4.31 Å². The van der Waals surface area contributed by atoms with E-state index in [1.165, 1.54) is 10.4 Å². The maximum atomic E-state index is 12.9. The number of fused-ring (bicyclic) bond motifs is 1. The van der Waals surface area contributed by atoms with E-state index in [0.29, 0.717) is 16.8 Å². The Labute approximate surface area is 148 Å². The molecule has 1 amide bonds. The largest absolute Gasteiger partial charge is 0.321 e. The number of benzene rings is 2. The summed E-state index contributed by atoms with van der Waals surface area (Å²) in [6.07, 6.45) is 0. The fourth-order valence-electron chi connectivity index (χ4n) is 2.91. The molecule has 0 saturated carbocycles.